The maximum Gasteiger partial charge on any atom is 0.319 e. The molecule has 1 atom stereocenters. The number of amides is 2. The molecule has 0 bridgehead atoms. The number of rotatable bonds is 5. The van der Waals surface area contributed by atoms with E-state index in [1.165, 1.54) is 0 Å². The number of hydrogen-bond acceptors (Lipinski definition) is 3. The summed E-state index contributed by atoms with van der Waals surface area (Å²) >= 11 is 6.12. The third kappa shape index (κ3) is 4.90. The fourth-order valence-electron chi connectivity index (χ4n) is 1.56. The van der Waals surface area contributed by atoms with Crippen LogP contribution >= 0.6 is 11.6 Å². The summed E-state index contributed by atoms with van der Waals surface area (Å²) < 4.78 is 0. The quantitative estimate of drug-likeness (QED) is 0.783. The largest absolute Gasteiger partial charge is 0.391 e. The maximum atomic E-state index is 11.7. The molecule has 1 aromatic rings. The molecular formula is C14H22ClN3O2. The smallest absolute Gasteiger partial charge is 0.319 e. The first-order valence-corrected chi connectivity index (χ1v) is 6.89. The van der Waals surface area contributed by atoms with Gasteiger partial charge in [0.15, 0.2) is 0 Å². The van der Waals surface area contributed by atoms with Crippen LogP contribution in [0.1, 0.15) is 13.8 Å². The molecule has 0 aliphatic rings. The van der Waals surface area contributed by atoms with Crippen LogP contribution in [0.15, 0.2) is 18.2 Å². The molecule has 0 saturated heterocycles. The van der Waals surface area contributed by atoms with Crippen LogP contribution in [-0.4, -0.2) is 37.9 Å². The van der Waals surface area contributed by atoms with Crippen LogP contribution in [0.2, 0.25) is 5.02 Å². The molecule has 1 unspecified atom stereocenters. The molecule has 0 saturated carbocycles. The number of benzene rings is 1. The molecule has 5 nitrogen and oxygen atoms in total. The lowest BCUT2D eigenvalue weighted by atomic mass is 10.1. The Labute approximate surface area is 124 Å². The van der Waals surface area contributed by atoms with Crippen LogP contribution in [0.3, 0.4) is 0 Å². The van der Waals surface area contributed by atoms with Crippen molar-refractivity contribution in [3.63, 3.8) is 0 Å². The van der Waals surface area contributed by atoms with Gasteiger partial charge in [-0.05, 0) is 24.1 Å². The van der Waals surface area contributed by atoms with Crippen molar-refractivity contribution in [3.8, 4) is 0 Å². The summed E-state index contributed by atoms with van der Waals surface area (Å²) in [6.45, 7) is 4.00. The molecule has 0 fully saturated rings. The van der Waals surface area contributed by atoms with Crippen molar-refractivity contribution in [1.82, 2.24) is 5.32 Å². The van der Waals surface area contributed by atoms with Gasteiger partial charge < -0.3 is 20.6 Å². The standard InChI is InChI=1S/C14H22ClN3O2/c1-9(2)13(19)8-16-14(20)17-10-5-6-12(18(3)4)11(15)7-10/h5-7,9,13,19H,8H2,1-4H3,(H2,16,17,20). The molecule has 0 spiro atoms. The normalized spacial score (nSPS) is 12.2. The Morgan fingerprint density at radius 2 is 2.05 bits per heavy atom. The van der Waals surface area contributed by atoms with E-state index in [0.29, 0.717) is 10.7 Å². The Balaban J connectivity index is 2.56. The van der Waals surface area contributed by atoms with Gasteiger partial charge in [-0.25, -0.2) is 4.79 Å². The number of carbonyl (C=O) groups is 1. The Morgan fingerprint density at radius 3 is 2.55 bits per heavy atom. The SMILES string of the molecule is CC(C)C(O)CNC(=O)Nc1ccc(N(C)C)c(Cl)c1. The van der Waals surface area contributed by atoms with Crippen molar-refractivity contribution < 1.29 is 9.90 Å². The van der Waals surface area contributed by atoms with Crippen molar-refractivity contribution in [2.75, 3.05) is 30.9 Å². The summed E-state index contributed by atoms with van der Waals surface area (Å²) in [4.78, 5) is 13.6. The minimum Gasteiger partial charge on any atom is -0.391 e. The Morgan fingerprint density at radius 1 is 1.40 bits per heavy atom. The van der Waals surface area contributed by atoms with Gasteiger partial charge in [-0.1, -0.05) is 25.4 Å². The van der Waals surface area contributed by atoms with E-state index < -0.39 is 6.10 Å². The zero-order chi connectivity index (χ0) is 15.3. The van der Waals surface area contributed by atoms with E-state index in [1.54, 1.807) is 12.1 Å². The maximum absolute atomic E-state index is 11.7. The number of anilines is 2. The summed E-state index contributed by atoms with van der Waals surface area (Å²) in [6.07, 6.45) is -0.555. The van der Waals surface area contributed by atoms with E-state index >= 15 is 0 Å². The minimum absolute atomic E-state index is 0.101. The fraction of sp³-hybridized carbons (Fsp3) is 0.500. The van der Waals surface area contributed by atoms with E-state index in [4.69, 9.17) is 11.6 Å². The van der Waals surface area contributed by atoms with Gasteiger partial charge in [0.2, 0.25) is 0 Å². The van der Waals surface area contributed by atoms with Gasteiger partial charge in [-0.2, -0.15) is 0 Å². The molecule has 20 heavy (non-hydrogen) atoms. The molecule has 0 aliphatic carbocycles. The molecule has 6 heteroatoms. The first-order valence-electron chi connectivity index (χ1n) is 6.51. The lowest BCUT2D eigenvalue weighted by molar-refractivity contribution is 0.126. The third-order valence-corrected chi connectivity index (χ3v) is 3.23. The van der Waals surface area contributed by atoms with Crippen LogP contribution in [0.25, 0.3) is 0 Å². The van der Waals surface area contributed by atoms with Crippen molar-refractivity contribution in [2.24, 2.45) is 5.92 Å². The van der Waals surface area contributed by atoms with Crippen molar-refractivity contribution in [1.29, 1.82) is 0 Å². The average Bonchev–Trinajstić information content (AvgIpc) is 2.35. The molecule has 0 radical (unpaired) electrons. The second-order valence-electron chi connectivity index (χ2n) is 5.21. The van der Waals surface area contributed by atoms with E-state index in [-0.39, 0.29) is 18.5 Å². The zero-order valence-corrected chi connectivity index (χ0v) is 13.0. The van der Waals surface area contributed by atoms with Gasteiger partial charge in [0.25, 0.3) is 0 Å². The Hall–Kier alpha value is -1.46. The second kappa shape index (κ2) is 7.36. The number of nitrogens with zero attached hydrogens (tertiary/aromatic N) is 1. The van der Waals surface area contributed by atoms with Crippen LogP contribution in [0.4, 0.5) is 16.2 Å². The van der Waals surface area contributed by atoms with Crippen molar-refractivity contribution in [2.45, 2.75) is 20.0 Å². The predicted octanol–water partition coefficient (Wildman–Crippen LogP) is 2.54. The van der Waals surface area contributed by atoms with Gasteiger partial charge in [0.1, 0.15) is 0 Å². The first-order chi connectivity index (χ1) is 9.31. The summed E-state index contributed by atoms with van der Waals surface area (Å²) in [5, 5.41) is 15.5. The molecule has 0 heterocycles. The molecule has 0 aromatic heterocycles. The molecule has 1 rings (SSSR count). The molecule has 112 valence electrons. The highest BCUT2D eigenvalue weighted by Crippen LogP contribution is 2.27. The van der Waals surface area contributed by atoms with Crippen LogP contribution in [0.5, 0.6) is 0 Å². The Kier molecular flexibility index (Phi) is 6.10. The number of urea groups is 1. The van der Waals surface area contributed by atoms with Crippen LogP contribution < -0.4 is 15.5 Å². The van der Waals surface area contributed by atoms with Gasteiger partial charge in [-0.3, -0.25) is 0 Å². The van der Waals surface area contributed by atoms with E-state index in [9.17, 15) is 9.90 Å². The van der Waals surface area contributed by atoms with Gasteiger partial charge >= 0.3 is 6.03 Å². The lowest BCUT2D eigenvalue weighted by Gasteiger charge is -2.17. The fourth-order valence-corrected chi connectivity index (χ4v) is 1.91. The number of hydrogen-bond donors (Lipinski definition) is 3. The van der Waals surface area contributed by atoms with Crippen molar-refractivity contribution >= 4 is 29.0 Å². The summed E-state index contributed by atoms with van der Waals surface area (Å²) in [5.74, 6) is 0.101. The molecular weight excluding hydrogens is 278 g/mol. The summed E-state index contributed by atoms with van der Waals surface area (Å²) in [7, 11) is 3.79. The second-order valence-corrected chi connectivity index (χ2v) is 5.61. The number of nitrogens with one attached hydrogen (secondary N) is 2. The summed E-state index contributed by atoms with van der Waals surface area (Å²) in [6, 6.07) is 4.94. The van der Waals surface area contributed by atoms with Gasteiger partial charge in [0, 0.05) is 26.3 Å². The number of aliphatic hydroxyl groups is 1. The first kappa shape index (κ1) is 16.6. The van der Waals surface area contributed by atoms with E-state index in [2.05, 4.69) is 10.6 Å². The Bertz CT molecular complexity index is 464. The minimum atomic E-state index is -0.555. The van der Waals surface area contributed by atoms with E-state index in [0.717, 1.165) is 5.69 Å². The zero-order valence-electron chi connectivity index (χ0n) is 12.3. The third-order valence-electron chi connectivity index (χ3n) is 2.93. The number of carbonyl (C=O) groups excluding carboxylic acids is 1. The molecule has 3 N–H and O–H groups in total. The highest BCUT2D eigenvalue weighted by molar-refractivity contribution is 6.33. The predicted molar refractivity (Wildman–Crippen MR) is 83.6 cm³/mol. The van der Waals surface area contributed by atoms with E-state index in [1.807, 2.05) is 38.9 Å². The molecule has 0 aliphatic heterocycles. The van der Waals surface area contributed by atoms with Crippen LogP contribution in [0, 0.1) is 5.92 Å². The van der Waals surface area contributed by atoms with Crippen molar-refractivity contribution in [3.05, 3.63) is 23.2 Å². The molecule has 1 aromatic carbocycles. The van der Waals surface area contributed by atoms with Crippen LogP contribution in [-0.2, 0) is 0 Å². The highest BCUT2D eigenvalue weighted by atomic mass is 35.5. The molecule has 2 amide bonds. The van der Waals surface area contributed by atoms with Gasteiger partial charge in [-0.15, -0.1) is 0 Å². The topological polar surface area (TPSA) is 64.6 Å². The highest BCUT2D eigenvalue weighted by Gasteiger charge is 2.11. The average molecular weight is 300 g/mol. The summed E-state index contributed by atoms with van der Waals surface area (Å²) in [5.41, 5.74) is 1.49. The number of halogens is 1. The lowest BCUT2D eigenvalue weighted by Crippen LogP contribution is -2.37. The van der Waals surface area contributed by atoms with Gasteiger partial charge in [0.05, 0.1) is 16.8 Å². The monoisotopic (exact) mass is 299 g/mol. The number of aliphatic hydroxyl groups excluding tert-OH is 1.